The monoisotopic (exact) mass is 259 g/mol. The first-order valence-electron chi connectivity index (χ1n) is 6.03. The second-order valence-electron chi connectivity index (χ2n) is 5.13. The number of aromatic nitrogens is 2. The van der Waals surface area contributed by atoms with E-state index in [1.807, 2.05) is 0 Å². The predicted octanol–water partition coefficient (Wildman–Crippen LogP) is 3.49. The Hall–Kier alpha value is -1.33. The minimum Gasteiger partial charge on any atom is -0.354 e. The van der Waals surface area contributed by atoms with E-state index in [4.69, 9.17) is 0 Å². The number of hydrogen-bond donors (Lipinski definition) is 1. The van der Waals surface area contributed by atoms with E-state index in [0.29, 0.717) is 6.54 Å². The zero-order valence-corrected chi connectivity index (χ0v) is 10.2. The Kier molecular flexibility index (Phi) is 3.45. The van der Waals surface area contributed by atoms with Crippen LogP contribution in [0.2, 0.25) is 0 Å². The van der Waals surface area contributed by atoms with Crippen molar-refractivity contribution in [1.29, 1.82) is 0 Å². The number of anilines is 1. The maximum absolute atomic E-state index is 12.5. The fraction of sp³-hybridized carbons (Fsp3) is 0.667. The van der Waals surface area contributed by atoms with Gasteiger partial charge < -0.3 is 5.32 Å². The van der Waals surface area contributed by atoms with Crippen molar-refractivity contribution in [2.24, 2.45) is 5.41 Å². The molecule has 1 aliphatic carbocycles. The lowest BCUT2D eigenvalue weighted by molar-refractivity contribution is -0.141. The van der Waals surface area contributed by atoms with Crippen molar-refractivity contribution in [1.82, 2.24) is 9.97 Å². The first kappa shape index (κ1) is 13.1. The van der Waals surface area contributed by atoms with E-state index in [1.54, 1.807) is 0 Å². The van der Waals surface area contributed by atoms with E-state index in [-0.39, 0.29) is 11.4 Å². The van der Waals surface area contributed by atoms with Gasteiger partial charge in [-0.2, -0.15) is 13.2 Å². The van der Waals surface area contributed by atoms with E-state index in [1.165, 1.54) is 12.8 Å². The fourth-order valence-corrected chi connectivity index (χ4v) is 2.30. The van der Waals surface area contributed by atoms with Gasteiger partial charge in [-0.05, 0) is 24.3 Å². The van der Waals surface area contributed by atoms with Crippen LogP contribution in [0.1, 0.15) is 38.3 Å². The van der Waals surface area contributed by atoms with Crippen LogP contribution < -0.4 is 5.32 Å². The number of rotatable bonds is 3. The van der Waals surface area contributed by atoms with E-state index >= 15 is 0 Å². The number of hydrogen-bond acceptors (Lipinski definition) is 3. The fourth-order valence-electron chi connectivity index (χ4n) is 2.30. The first-order chi connectivity index (χ1) is 8.39. The van der Waals surface area contributed by atoms with Gasteiger partial charge in [-0.25, -0.2) is 9.97 Å². The van der Waals surface area contributed by atoms with Gasteiger partial charge in [0.1, 0.15) is 5.69 Å². The first-order valence-corrected chi connectivity index (χ1v) is 6.03. The topological polar surface area (TPSA) is 37.8 Å². The average molecular weight is 259 g/mol. The highest BCUT2D eigenvalue weighted by molar-refractivity contribution is 5.26. The van der Waals surface area contributed by atoms with Gasteiger partial charge in [0, 0.05) is 12.7 Å². The Balaban J connectivity index is 2.01. The zero-order chi connectivity index (χ0) is 13.2. The van der Waals surface area contributed by atoms with Crippen molar-refractivity contribution < 1.29 is 13.2 Å². The lowest BCUT2D eigenvalue weighted by Crippen LogP contribution is -2.24. The third kappa shape index (κ3) is 3.11. The molecule has 1 saturated carbocycles. The molecule has 100 valence electrons. The van der Waals surface area contributed by atoms with Crippen molar-refractivity contribution in [2.45, 2.75) is 38.8 Å². The molecule has 2 rings (SSSR count). The molecule has 0 spiro atoms. The highest BCUT2D eigenvalue weighted by Crippen LogP contribution is 2.37. The molecule has 0 aliphatic heterocycles. The van der Waals surface area contributed by atoms with Gasteiger partial charge in [-0.1, -0.05) is 19.8 Å². The van der Waals surface area contributed by atoms with E-state index in [9.17, 15) is 13.2 Å². The predicted molar refractivity (Wildman–Crippen MR) is 62.1 cm³/mol. The van der Waals surface area contributed by atoms with Crippen molar-refractivity contribution in [3.05, 3.63) is 18.0 Å². The lowest BCUT2D eigenvalue weighted by Gasteiger charge is -2.23. The summed E-state index contributed by atoms with van der Waals surface area (Å²) in [5.74, 6) is 0.0537. The third-order valence-electron chi connectivity index (χ3n) is 3.43. The summed E-state index contributed by atoms with van der Waals surface area (Å²) in [6.45, 7) is 2.76. The summed E-state index contributed by atoms with van der Waals surface area (Å²) in [4.78, 5) is 7.31. The van der Waals surface area contributed by atoms with Gasteiger partial charge in [0.05, 0.1) is 0 Å². The highest BCUT2D eigenvalue weighted by atomic mass is 19.4. The van der Waals surface area contributed by atoms with Gasteiger partial charge in [-0.3, -0.25) is 0 Å². The summed E-state index contributed by atoms with van der Waals surface area (Å²) in [6, 6.07) is 0.877. The normalized spacial score (nSPS) is 18.9. The molecule has 0 amide bonds. The van der Waals surface area contributed by atoms with Crippen LogP contribution >= 0.6 is 0 Å². The van der Waals surface area contributed by atoms with Crippen LogP contribution in [-0.4, -0.2) is 16.5 Å². The quantitative estimate of drug-likeness (QED) is 0.903. The Morgan fingerprint density at radius 1 is 1.33 bits per heavy atom. The Bertz CT molecular complexity index is 411. The van der Waals surface area contributed by atoms with Crippen molar-refractivity contribution in [2.75, 3.05) is 11.9 Å². The van der Waals surface area contributed by atoms with Gasteiger partial charge >= 0.3 is 6.18 Å². The molecule has 1 aromatic rings. The maximum atomic E-state index is 12.5. The molecular formula is C12H16F3N3. The molecule has 18 heavy (non-hydrogen) atoms. The maximum Gasteiger partial charge on any atom is 0.433 e. The Morgan fingerprint density at radius 3 is 2.61 bits per heavy atom. The summed E-state index contributed by atoms with van der Waals surface area (Å²) in [5.41, 5.74) is -0.756. The number of nitrogens with zero attached hydrogens (tertiary/aromatic N) is 2. The molecule has 1 fully saturated rings. The molecule has 0 atom stereocenters. The molecule has 1 aromatic heterocycles. The van der Waals surface area contributed by atoms with Crippen molar-refractivity contribution >= 4 is 5.95 Å². The van der Waals surface area contributed by atoms with E-state index in [0.717, 1.165) is 25.1 Å². The third-order valence-corrected chi connectivity index (χ3v) is 3.43. The van der Waals surface area contributed by atoms with Crippen LogP contribution in [0.5, 0.6) is 0 Å². The van der Waals surface area contributed by atoms with Crippen LogP contribution in [0, 0.1) is 5.41 Å². The van der Waals surface area contributed by atoms with Crippen LogP contribution in [-0.2, 0) is 6.18 Å². The molecule has 1 heterocycles. The molecule has 0 bridgehead atoms. The van der Waals surface area contributed by atoms with Gasteiger partial charge in [0.2, 0.25) is 5.95 Å². The summed E-state index contributed by atoms with van der Waals surface area (Å²) in [5, 5.41) is 2.92. The number of alkyl halides is 3. The number of halogens is 3. The van der Waals surface area contributed by atoms with Crippen molar-refractivity contribution in [3.63, 3.8) is 0 Å². The second-order valence-corrected chi connectivity index (χ2v) is 5.13. The average Bonchev–Trinajstić information content (AvgIpc) is 2.74. The standard InChI is InChI=1S/C12H16F3N3/c1-11(5-2-3-6-11)8-17-10-16-7-4-9(18-10)12(13,14)15/h4,7H,2-3,5-6,8H2,1H3,(H,16,17,18). The molecule has 0 saturated heterocycles. The van der Waals surface area contributed by atoms with Gasteiger partial charge in [0.25, 0.3) is 0 Å². The lowest BCUT2D eigenvalue weighted by atomic mass is 9.89. The molecule has 0 unspecified atom stereocenters. The van der Waals surface area contributed by atoms with E-state index in [2.05, 4.69) is 22.2 Å². The molecule has 6 heteroatoms. The summed E-state index contributed by atoms with van der Waals surface area (Å²) >= 11 is 0. The van der Waals surface area contributed by atoms with Gasteiger partial charge in [-0.15, -0.1) is 0 Å². The van der Waals surface area contributed by atoms with Gasteiger partial charge in [0.15, 0.2) is 0 Å². The molecule has 3 nitrogen and oxygen atoms in total. The summed E-state index contributed by atoms with van der Waals surface area (Å²) < 4.78 is 37.4. The minimum atomic E-state index is -4.42. The molecule has 1 N–H and O–H groups in total. The van der Waals surface area contributed by atoms with Crippen LogP contribution in [0.25, 0.3) is 0 Å². The molecule has 1 aliphatic rings. The van der Waals surface area contributed by atoms with Crippen LogP contribution in [0.15, 0.2) is 12.3 Å². The van der Waals surface area contributed by atoms with Crippen LogP contribution in [0.3, 0.4) is 0 Å². The largest absolute Gasteiger partial charge is 0.433 e. The molecular weight excluding hydrogens is 243 g/mol. The number of nitrogens with one attached hydrogen (secondary N) is 1. The Labute approximate surface area is 104 Å². The SMILES string of the molecule is CC1(CNc2nccc(C(F)(F)F)n2)CCCC1. The van der Waals surface area contributed by atoms with Crippen LogP contribution in [0.4, 0.5) is 19.1 Å². The second kappa shape index (κ2) is 4.74. The zero-order valence-electron chi connectivity index (χ0n) is 10.2. The van der Waals surface area contributed by atoms with E-state index < -0.39 is 11.9 Å². The minimum absolute atomic E-state index is 0.0537. The molecule has 0 aromatic carbocycles. The summed E-state index contributed by atoms with van der Waals surface area (Å²) in [7, 11) is 0. The van der Waals surface area contributed by atoms with Crippen molar-refractivity contribution in [3.8, 4) is 0 Å². The highest BCUT2D eigenvalue weighted by Gasteiger charge is 2.33. The molecule has 0 radical (unpaired) electrons. The Morgan fingerprint density at radius 2 is 2.00 bits per heavy atom. The summed E-state index contributed by atoms with van der Waals surface area (Å²) in [6.07, 6.45) is 1.27. The smallest absolute Gasteiger partial charge is 0.354 e.